The minimum absolute atomic E-state index is 0.601. The lowest BCUT2D eigenvalue weighted by atomic mass is 10.1. The van der Waals surface area contributed by atoms with Gasteiger partial charge in [0.05, 0.1) is 24.8 Å². The predicted octanol–water partition coefficient (Wildman–Crippen LogP) is 5.15. The Morgan fingerprint density at radius 1 is 0.938 bits per heavy atom. The summed E-state index contributed by atoms with van der Waals surface area (Å²) in [6.45, 7) is 0.601. The van der Waals surface area contributed by atoms with Crippen molar-refractivity contribution in [2.75, 3.05) is 19.5 Å². The summed E-state index contributed by atoms with van der Waals surface area (Å²) in [7, 11) is 3.33. The molecule has 0 aliphatic carbocycles. The van der Waals surface area contributed by atoms with E-state index < -0.39 is 0 Å². The van der Waals surface area contributed by atoms with Crippen molar-refractivity contribution in [2.45, 2.75) is 6.54 Å². The molecule has 5 aromatic rings. The van der Waals surface area contributed by atoms with Gasteiger partial charge in [-0.3, -0.25) is 0 Å². The lowest BCUT2D eigenvalue weighted by molar-refractivity contribution is 0.399. The van der Waals surface area contributed by atoms with E-state index in [4.69, 9.17) is 14.6 Å². The molecule has 0 fully saturated rings. The van der Waals surface area contributed by atoms with Gasteiger partial charge in [-0.1, -0.05) is 18.2 Å². The first-order chi connectivity index (χ1) is 15.7. The molecule has 0 saturated carbocycles. The van der Waals surface area contributed by atoms with Crippen LogP contribution in [-0.4, -0.2) is 34.0 Å². The zero-order valence-corrected chi connectivity index (χ0v) is 18.5. The van der Waals surface area contributed by atoms with Crippen LogP contribution < -0.4 is 14.8 Å². The van der Waals surface area contributed by atoms with Crippen molar-refractivity contribution in [3.05, 3.63) is 77.7 Å². The minimum atomic E-state index is 0.601. The van der Waals surface area contributed by atoms with Crippen molar-refractivity contribution < 1.29 is 9.47 Å². The van der Waals surface area contributed by atoms with Crippen LogP contribution in [0.1, 0.15) is 5.56 Å². The van der Waals surface area contributed by atoms with Crippen molar-refractivity contribution >= 4 is 22.7 Å². The average molecular weight is 444 g/mol. The average Bonchev–Trinajstić information content (AvgIpc) is 3.52. The molecule has 1 N–H and O–H groups in total. The lowest BCUT2D eigenvalue weighted by Gasteiger charge is -2.13. The van der Waals surface area contributed by atoms with Gasteiger partial charge in [-0.15, -0.1) is 21.5 Å². The van der Waals surface area contributed by atoms with Gasteiger partial charge in [0.25, 0.3) is 0 Å². The molecule has 7 nitrogen and oxygen atoms in total. The van der Waals surface area contributed by atoms with Crippen LogP contribution in [0.4, 0.5) is 5.69 Å². The van der Waals surface area contributed by atoms with Crippen LogP contribution in [0.3, 0.4) is 0 Å². The minimum Gasteiger partial charge on any atom is -0.497 e. The first kappa shape index (κ1) is 20.0. The Kier molecular flexibility index (Phi) is 5.43. The first-order valence-electron chi connectivity index (χ1n) is 10.1. The number of hydrogen-bond acceptors (Lipinski definition) is 7. The molecule has 5 rings (SSSR count). The molecule has 3 heterocycles. The van der Waals surface area contributed by atoms with Crippen molar-refractivity contribution in [3.63, 3.8) is 0 Å². The Labute approximate surface area is 189 Å². The standard InChI is InChI=1S/C24H21N5O2S/c1-30-19-8-10-21(31-2)17(14-19)15-25-18-6-3-5-16(13-18)20-9-11-23-26-27-24(29(23)28-20)22-7-4-12-32-22/h3-14,25H,15H2,1-2H3. The SMILES string of the molecule is COc1ccc(OC)c(CNc2cccc(-c3ccc4nnc(-c5cccs5)n4n3)c2)c1. The molecule has 0 amide bonds. The first-order valence-corrected chi connectivity index (χ1v) is 10.9. The number of anilines is 1. The smallest absolute Gasteiger partial charge is 0.195 e. The highest BCUT2D eigenvalue weighted by molar-refractivity contribution is 7.13. The summed E-state index contributed by atoms with van der Waals surface area (Å²) in [5, 5.41) is 18.8. The molecule has 32 heavy (non-hydrogen) atoms. The highest BCUT2D eigenvalue weighted by atomic mass is 32.1. The summed E-state index contributed by atoms with van der Waals surface area (Å²) in [6, 6.07) is 21.9. The fourth-order valence-corrected chi connectivity index (χ4v) is 4.20. The van der Waals surface area contributed by atoms with E-state index in [1.54, 1.807) is 30.1 Å². The molecule has 0 aliphatic heterocycles. The van der Waals surface area contributed by atoms with E-state index >= 15 is 0 Å². The van der Waals surface area contributed by atoms with Crippen LogP contribution in [-0.2, 0) is 6.54 Å². The van der Waals surface area contributed by atoms with Crippen molar-refractivity contribution in [1.82, 2.24) is 19.8 Å². The van der Waals surface area contributed by atoms with Crippen LogP contribution in [0.2, 0.25) is 0 Å². The fraction of sp³-hybridized carbons (Fsp3) is 0.125. The second-order valence-electron chi connectivity index (χ2n) is 7.10. The number of methoxy groups -OCH3 is 2. The van der Waals surface area contributed by atoms with Crippen LogP contribution in [0.25, 0.3) is 27.6 Å². The molecule has 0 saturated heterocycles. The summed E-state index contributed by atoms with van der Waals surface area (Å²) in [4.78, 5) is 1.03. The van der Waals surface area contributed by atoms with E-state index in [-0.39, 0.29) is 0 Å². The maximum absolute atomic E-state index is 5.48. The van der Waals surface area contributed by atoms with Crippen LogP contribution in [0, 0.1) is 0 Å². The number of nitrogens with one attached hydrogen (secondary N) is 1. The van der Waals surface area contributed by atoms with Gasteiger partial charge >= 0.3 is 0 Å². The summed E-state index contributed by atoms with van der Waals surface area (Å²) in [5.41, 5.74) is 4.56. The number of rotatable bonds is 7. The molecule has 0 aliphatic rings. The van der Waals surface area contributed by atoms with Crippen LogP contribution in [0.5, 0.6) is 11.5 Å². The van der Waals surface area contributed by atoms with Gasteiger partial charge in [0.1, 0.15) is 11.5 Å². The van der Waals surface area contributed by atoms with E-state index in [0.29, 0.717) is 6.54 Å². The third kappa shape index (κ3) is 3.88. The van der Waals surface area contributed by atoms with Crippen LogP contribution in [0.15, 0.2) is 72.1 Å². The number of aromatic nitrogens is 4. The fourth-order valence-electron chi connectivity index (χ4n) is 3.51. The van der Waals surface area contributed by atoms with Crippen molar-refractivity contribution in [1.29, 1.82) is 0 Å². The monoisotopic (exact) mass is 443 g/mol. The Hall–Kier alpha value is -3.91. The zero-order valence-electron chi connectivity index (χ0n) is 17.6. The summed E-state index contributed by atoms with van der Waals surface area (Å²) in [6.07, 6.45) is 0. The lowest BCUT2D eigenvalue weighted by Crippen LogP contribution is -2.02. The normalized spacial score (nSPS) is 10.9. The van der Waals surface area contributed by atoms with E-state index in [2.05, 4.69) is 21.6 Å². The van der Waals surface area contributed by atoms with Gasteiger partial charge in [-0.25, -0.2) is 0 Å². The highest BCUT2D eigenvalue weighted by Gasteiger charge is 2.12. The number of benzene rings is 2. The molecule has 0 atom stereocenters. The van der Waals surface area contributed by atoms with Gasteiger partial charge in [0, 0.05) is 23.4 Å². The number of ether oxygens (including phenoxy) is 2. The van der Waals surface area contributed by atoms with Crippen molar-refractivity contribution in [2.24, 2.45) is 0 Å². The second kappa shape index (κ2) is 8.68. The van der Waals surface area contributed by atoms with Gasteiger partial charge in [-0.05, 0) is 53.9 Å². The third-order valence-electron chi connectivity index (χ3n) is 5.13. The van der Waals surface area contributed by atoms with Gasteiger partial charge in [-0.2, -0.15) is 9.61 Å². The second-order valence-corrected chi connectivity index (χ2v) is 8.05. The largest absolute Gasteiger partial charge is 0.497 e. The molecule has 0 bridgehead atoms. The molecule has 8 heteroatoms. The molecule has 160 valence electrons. The summed E-state index contributed by atoms with van der Waals surface area (Å²) >= 11 is 1.62. The molecule has 3 aromatic heterocycles. The maximum Gasteiger partial charge on any atom is 0.195 e. The maximum atomic E-state index is 5.48. The molecule has 0 spiro atoms. The number of hydrogen-bond donors (Lipinski definition) is 1. The Morgan fingerprint density at radius 2 is 1.88 bits per heavy atom. The molecule has 0 unspecified atom stereocenters. The van der Waals surface area contributed by atoms with Crippen molar-refractivity contribution in [3.8, 4) is 33.5 Å². The predicted molar refractivity (Wildman–Crippen MR) is 126 cm³/mol. The number of thiophene rings is 1. The molecule has 2 aromatic carbocycles. The Balaban J connectivity index is 1.42. The van der Waals surface area contributed by atoms with Gasteiger partial charge < -0.3 is 14.8 Å². The Bertz CT molecular complexity index is 1360. The highest BCUT2D eigenvalue weighted by Crippen LogP contribution is 2.27. The summed E-state index contributed by atoms with van der Waals surface area (Å²) < 4.78 is 12.6. The van der Waals surface area contributed by atoms with Gasteiger partial charge in [0.15, 0.2) is 11.5 Å². The zero-order chi connectivity index (χ0) is 21.9. The molecular formula is C24H21N5O2S. The van der Waals surface area contributed by atoms with Crippen LogP contribution >= 0.6 is 11.3 Å². The summed E-state index contributed by atoms with van der Waals surface area (Å²) in [5.74, 6) is 2.36. The molecule has 0 radical (unpaired) electrons. The van der Waals surface area contributed by atoms with E-state index in [9.17, 15) is 0 Å². The van der Waals surface area contributed by atoms with E-state index in [0.717, 1.165) is 50.4 Å². The third-order valence-corrected chi connectivity index (χ3v) is 6.00. The number of fused-ring (bicyclic) bond motifs is 1. The van der Waals surface area contributed by atoms with E-state index in [1.807, 2.05) is 66.0 Å². The molecular weight excluding hydrogens is 422 g/mol. The number of nitrogens with zero attached hydrogens (tertiary/aromatic N) is 4. The van der Waals surface area contributed by atoms with E-state index in [1.165, 1.54) is 0 Å². The van der Waals surface area contributed by atoms with Gasteiger partial charge in [0.2, 0.25) is 0 Å². The Morgan fingerprint density at radius 3 is 2.69 bits per heavy atom. The topological polar surface area (TPSA) is 73.6 Å². The quantitative estimate of drug-likeness (QED) is 0.375.